The van der Waals surface area contributed by atoms with Crippen molar-refractivity contribution in [1.29, 1.82) is 0 Å². The third-order valence-corrected chi connectivity index (χ3v) is 4.12. The van der Waals surface area contributed by atoms with Gasteiger partial charge in [0.2, 0.25) is 0 Å². The molecular weight excluding hydrogens is 394 g/mol. The Kier molecular flexibility index (Phi) is 11.1. The summed E-state index contributed by atoms with van der Waals surface area (Å²) < 4.78 is 12.0. The van der Waals surface area contributed by atoms with E-state index < -0.39 is 0 Å². The number of nitrogens with zero attached hydrogens (tertiary/aromatic N) is 1. The molecule has 0 saturated carbocycles. The van der Waals surface area contributed by atoms with E-state index in [9.17, 15) is 0 Å². The van der Waals surface area contributed by atoms with Gasteiger partial charge in [0.15, 0.2) is 0 Å². The van der Waals surface area contributed by atoms with Crippen molar-refractivity contribution in [2.24, 2.45) is 5.41 Å². The van der Waals surface area contributed by atoms with E-state index >= 15 is 0 Å². The molecule has 3 nitrogen and oxygen atoms in total. The molecule has 3 heteroatoms. The molecule has 0 aliphatic heterocycles. The van der Waals surface area contributed by atoms with Crippen molar-refractivity contribution < 1.29 is 9.47 Å². The van der Waals surface area contributed by atoms with Gasteiger partial charge in [-0.25, -0.2) is 0 Å². The van der Waals surface area contributed by atoms with Crippen LogP contribution in [-0.4, -0.2) is 18.8 Å². The van der Waals surface area contributed by atoms with Gasteiger partial charge in [-0.2, -0.15) is 0 Å². The monoisotopic (exact) mass is 437 g/mol. The lowest BCUT2D eigenvalue weighted by Crippen LogP contribution is -2.21. The SMILES string of the molecule is C/C=C\C(=C/CN(c1ccccc1)c1ccc(OCC(C)(C)C)cc1)OC(C)(C)C.CC. The zero-order valence-corrected chi connectivity index (χ0v) is 21.6. The number of ether oxygens (including phenoxy) is 2. The second kappa shape index (κ2) is 13.0. The van der Waals surface area contributed by atoms with E-state index in [0.29, 0.717) is 13.2 Å². The summed E-state index contributed by atoms with van der Waals surface area (Å²) in [6.07, 6.45) is 6.14. The van der Waals surface area contributed by atoms with Gasteiger partial charge in [0, 0.05) is 17.9 Å². The van der Waals surface area contributed by atoms with Gasteiger partial charge in [0.25, 0.3) is 0 Å². The smallest absolute Gasteiger partial charge is 0.119 e. The molecule has 2 aromatic carbocycles. The minimum Gasteiger partial charge on any atom is -0.493 e. The maximum Gasteiger partial charge on any atom is 0.119 e. The van der Waals surface area contributed by atoms with E-state index in [2.05, 4.69) is 88.9 Å². The summed E-state index contributed by atoms with van der Waals surface area (Å²) in [6, 6.07) is 18.7. The Morgan fingerprint density at radius 1 is 0.844 bits per heavy atom. The topological polar surface area (TPSA) is 21.7 Å². The maximum atomic E-state index is 6.11. The second-order valence-corrected chi connectivity index (χ2v) is 9.61. The highest BCUT2D eigenvalue weighted by atomic mass is 16.5. The van der Waals surface area contributed by atoms with Crippen LogP contribution in [0.2, 0.25) is 0 Å². The first-order valence-corrected chi connectivity index (χ1v) is 11.6. The largest absolute Gasteiger partial charge is 0.493 e. The lowest BCUT2D eigenvalue weighted by Gasteiger charge is -2.26. The highest BCUT2D eigenvalue weighted by Gasteiger charge is 2.14. The van der Waals surface area contributed by atoms with Crippen LogP contribution in [0.15, 0.2) is 78.6 Å². The Balaban J connectivity index is 0.00000249. The number of benzene rings is 2. The van der Waals surface area contributed by atoms with Gasteiger partial charge in [-0.15, -0.1) is 0 Å². The molecule has 2 rings (SSSR count). The van der Waals surface area contributed by atoms with Crippen molar-refractivity contribution >= 4 is 11.4 Å². The highest BCUT2D eigenvalue weighted by molar-refractivity contribution is 5.64. The van der Waals surface area contributed by atoms with Crippen molar-refractivity contribution in [2.75, 3.05) is 18.1 Å². The molecule has 0 spiro atoms. The predicted molar refractivity (Wildman–Crippen MR) is 140 cm³/mol. The third kappa shape index (κ3) is 10.6. The van der Waals surface area contributed by atoms with Gasteiger partial charge < -0.3 is 14.4 Å². The van der Waals surface area contributed by atoms with Gasteiger partial charge in [0.1, 0.15) is 17.1 Å². The lowest BCUT2D eigenvalue weighted by atomic mass is 9.99. The van der Waals surface area contributed by atoms with Gasteiger partial charge >= 0.3 is 0 Å². The average molecular weight is 438 g/mol. The Morgan fingerprint density at radius 3 is 1.91 bits per heavy atom. The molecule has 0 bridgehead atoms. The molecule has 0 saturated heterocycles. The molecule has 0 amide bonds. The first-order chi connectivity index (χ1) is 15.1. The van der Waals surface area contributed by atoms with Crippen LogP contribution in [0.25, 0.3) is 0 Å². The number of rotatable bonds is 8. The Bertz CT molecular complexity index is 822. The first-order valence-electron chi connectivity index (χ1n) is 11.6. The molecule has 2 aromatic rings. The molecule has 0 N–H and O–H groups in total. The lowest BCUT2D eigenvalue weighted by molar-refractivity contribution is 0.0595. The molecule has 176 valence electrons. The average Bonchev–Trinajstić information content (AvgIpc) is 2.74. The van der Waals surface area contributed by atoms with Crippen LogP contribution in [0, 0.1) is 5.41 Å². The zero-order chi connectivity index (χ0) is 24.2. The molecule has 0 fully saturated rings. The fraction of sp³-hybridized carbons (Fsp3) is 0.448. The van der Waals surface area contributed by atoms with E-state index in [-0.39, 0.29) is 11.0 Å². The Hall–Kier alpha value is -2.68. The van der Waals surface area contributed by atoms with E-state index in [4.69, 9.17) is 9.47 Å². The van der Waals surface area contributed by atoms with Crippen molar-refractivity contribution in [1.82, 2.24) is 0 Å². The van der Waals surface area contributed by atoms with Gasteiger partial charge in [-0.3, -0.25) is 0 Å². The molecule has 0 heterocycles. The third-order valence-electron chi connectivity index (χ3n) is 4.12. The standard InChI is InChI=1S/C27H37NO2.C2H6/c1-8-12-25(30-27(5,6)7)19-20-28(22-13-10-9-11-14-22)23-15-17-24(18-16-23)29-21-26(2,3)4;1-2/h8-19H,20-21H2,1-7H3;1-2H3/b12-8-,25-19+;. The van der Waals surface area contributed by atoms with E-state index in [0.717, 1.165) is 22.9 Å². The van der Waals surface area contributed by atoms with Crippen molar-refractivity contribution in [3.63, 3.8) is 0 Å². The molecule has 0 aliphatic carbocycles. The highest BCUT2D eigenvalue weighted by Crippen LogP contribution is 2.28. The molecule has 0 atom stereocenters. The van der Waals surface area contributed by atoms with Crippen LogP contribution in [0.3, 0.4) is 0 Å². The van der Waals surface area contributed by atoms with Crippen LogP contribution < -0.4 is 9.64 Å². The maximum absolute atomic E-state index is 6.11. The summed E-state index contributed by atoms with van der Waals surface area (Å²) in [5.41, 5.74) is 2.13. The number of allylic oxidation sites excluding steroid dienone is 2. The summed E-state index contributed by atoms with van der Waals surface area (Å²) in [7, 11) is 0. The van der Waals surface area contributed by atoms with Crippen molar-refractivity contribution in [3.05, 3.63) is 78.6 Å². The summed E-state index contributed by atoms with van der Waals surface area (Å²) in [5.74, 6) is 1.76. The number of anilines is 2. The normalized spacial score (nSPS) is 12.2. The van der Waals surface area contributed by atoms with Crippen LogP contribution in [0.1, 0.15) is 62.3 Å². The van der Waals surface area contributed by atoms with Crippen molar-refractivity contribution in [3.8, 4) is 5.75 Å². The van der Waals surface area contributed by atoms with Crippen LogP contribution in [0.4, 0.5) is 11.4 Å². The Labute approximate surface area is 196 Å². The molecule has 0 unspecified atom stereocenters. The van der Waals surface area contributed by atoms with Gasteiger partial charge in [0.05, 0.1) is 6.61 Å². The predicted octanol–water partition coefficient (Wildman–Crippen LogP) is 8.55. The second-order valence-electron chi connectivity index (χ2n) is 9.61. The zero-order valence-electron chi connectivity index (χ0n) is 21.6. The minimum atomic E-state index is -0.241. The van der Waals surface area contributed by atoms with Crippen molar-refractivity contribution in [2.45, 2.75) is 67.9 Å². The number of hydrogen-bond donors (Lipinski definition) is 0. The summed E-state index contributed by atoms with van der Waals surface area (Å²) in [4.78, 5) is 2.27. The molecule has 0 radical (unpaired) electrons. The van der Waals surface area contributed by atoms with Gasteiger partial charge in [-0.1, -0.05) is 58.9 Å². The van der Waals surface area contributed by atoms with E-state index in [1.807, 2.05) is 51.1 Å². The quantitative estimate of drug-likeness (QED) is 0.305. The van der Waals surface area contributed by atoms with Crippen LogP contribution >= 0.6 is 0 Å². The Morgan fingerprint density at radius 2 is 1.41 bits per heavy atom. The van der Waals surface area contributed by atoms with Crippen LogP contribution in [-0.2, 0) is 4.74 Å². The molecule has 0 aromatic heterocycles. The summed E-state index contributed by atoms with van der Waals surface area (Å²) >= 11 is 0. The number of para-hydroxylation sites is 1. The molecular formula is C29H43NO2. The number of hydrogen-bond acceptors (Lipinski definition) is 3. The first kappa shape index (κ1) is 27.4. The fourth-order valence-electron chi connectivity index (χ4n) is 2.83. The fourth-order valence-corrected chi connectivity index (χ4v) is 2.83. The molecule has 0 aliphatic rings. The van der Waals surface area contributed by atoms with E-state index in [1.165, 1.54) is 0 Å². The minimum absolute atomic E-state index is 0.135. The van der Waals surface area contributed by atoms with Gasteiger partial charge in [-0.05, 0) is 81.7 Å². The van der Waals surface area contributed by atoms with Crippen LogP contribution in [0.5, 0.6) is 5.75 Å². The summed E-state index contributed by atoms with van der Waals surface area (Å²) in [6.45, 7) is 20.1. The molecule has 32 heavy (non-hydrogen) atoms. The summed E-state index contributed by atoms with van der Waals surface area (Å²) in [5, 5.41) is 0. The van der Waals surface area contributed by atoms with E-state index in [1.54, 1.807) is 0 Å².